The first-order chi connectivity index (χ1) is 16.1. The van der Waals surface area contributed by atoms with Crippen molar-refractivity contribution in [2.45, 2.75) is 25.7 Å². The summed E-state index contributed by atoms with van der Waals surface area (Å²) in [6.07, 6.45) is 1.49. The molecule has 1 N–H and O–H groups in total. The Balaban J connectivity index is 2.00. The van der Waals surface area contributed by atoms with Crippen LogP contribution in [0.3, 0.4) is 0 Å². The van der Waals surface area contributed by atoms with E-state index < -0.39 is 15.9 Å². The lowest BCUT2D eigenvalue weighted by atomic mass is 10.0. The molecular formula is C26H27ClN2O4S. The molecule has 34 heavy (non-hydrogen) atoms. The average molecular weight is 499 g/mol. The first-order valence-corrected chi connectivity index (χ1v) is 12.4. The van der Waals surface area contributed by atoms with E-state index in [1.165, 1.54) is 35.7 Å². The van der Waals surface area contributed by atoms with Crippen molar-refractivity contribution >= 4 is 38.9 Å². The van der Waals surface area contributed by atoms with Crippen LogP contribution in [0.5, 0.6) is 5.75 Å². The number of halogens is 1. The number of rotatable bonds is 8. The third-order valence-corrected chi connectivity index (χ3v) is 7.46. The van der Waals surface area contributed by atoms with Crippen molar-refractivity contribution in [3.63, 3.8) is 0 Å². The number of carbonyl (C=O) groups excluding carboxylic acids is 1. The van der Waals surface area contributed by atoms with Crippen LogP contribution < -0.4 is 14.4 Å². The van der Waals surface area contributed by atoms with Crippen molar-refractivity contribution < 1.29 is 17.9 Å². The Morgan fingerprint density at radius 1 is 1.06 bits per heavy atom. The Hall–Kier alpha value is -3.29. The molecule has 0 heterocycles. The maximum atomic E-state index is 13.5. The van der Waals surface area contributed by atoms with Crippen LogP contribution in [0.2, 0.25) is 5.02 Å². The van der Waals surface area contributed by atoms with Crippen molar-refractivity contribution in [1.29, 1.82) is 0 Å². The van der Waals surface area contributed by atoms with Crippen molar-refractivity contribution in [2.75, 3.05) is 23.3 Å². The summed E-state index contributed by atoms with van der Waals surface area (Å²) in [6, 6.07) is 14.7. The molecule has 3 aromatic carbocycles. The highest BCUT2D eigenvalue weighted by Gasteiger charge is 2.26. The van der Waals surface area contributed by atoms with Gasteiger partial charge in [-0.05, 0) is 74.4 Å². The molecule has 8 heteroatoms. The van der Waals surface area contributed by atoms with Crippen molar-refractivity contribution in [3.8, 4) is 5.75 Å². The summed E-state index contributed by atoms with van der Waals surface area (Å²) >= 11 is 6.30. The summed E-state index contributed by atoms with van der Waals surface area (Å²) in [5.41, 5.74) is 4.07. The minimum absolute atomic E-state index is 0.0422. The predicted octanol–water partition coefficient (Wildman–Crippen LogP) is 5.91. The fourth-order valence-electron chi connectivity index (χ4n) is 3.73. The number of nitrogens with one attached hydrogen (secondary N) is 1. The van der Waals surface area contributed by atoms with E-state index in [2.05, 4.69) is 11.9 Å². The summed E-state index contributed by atoms with van der Waals surface area (Å²) < 4.78 is 33.4. The van der Waals surface area contributed by atoms with Gasteiger partial charge in [0.25, 0.3) is 15.9 Å². The van der Waals surface area contributed by atoms with Crippen LogP contribution in [0, 0.1) is 20.8 Å². The zero-order chi connectivity index (χ0) is 25.0. The summed E-state index contributed by atoms with van der Waals surface area (Å²) in [5, 5.41) is 3.03. The molecule has 0 aromatic heterocycles. The second kappa shape index (κ2) is 10.3. The number of nitrogens with zero attached hydrogens (tertiary/aromatic N) is 1. The number of ether oxygens (including phenoxy) is 1. The van der Waals surface area contributed by atoms with Gasteiger partial charge >= 0.3 is 0 Å². The van der Waals surface area contributed by atoms with Crippen LogP contribution in [0.25, 0.3) is 0 Å². The van der Waals surface area contributed by atoms with Gasteiger partial charge in [-0.2, -0.15) is 0 Å². The van der Waals surface area contributed by atoms with E-state index in [0.717, 1.165) is 16.7 Å². The summed E-state index contributed by atoms with van der Waals surface area (Å²) in [7, 11) is -2.49. The highest BCUT2D eigenvalue weighted by molar-refractivity contribution is 7.92. The Morgan fingerprint density at radius 3 is 2.24 bits per heavy atom. The number of sulfonamides is 1. The van der Waals surface area contributed by atoms with Crippen LogP contribution >= 0.6 is 11.6 Å². The van der Waals surface area contributed by atoms with Crippen LogP contribution in [0.1, 0.15) is 27.0 Å². The quantitative estimate of drug-likeness (QED) is 0.392. The average Bonchev–Trinajstić information content (AvgIpc) is 2.79. The second-order valence-electron chi connectivity index (χ2n) is 7.89. The number of carbonyl (C=O) groups is 1. The number of benzene rings is 3. The van der Waals surface area contributed by atoms with Gasteiger partial charge in [-0.15, -0.1) is 6.58 Å². The highest BCUT2D eigenvalue weighted by Crippen LogP contribution is 2.29. The molecule has 3 aromatic rings. The normalized spacial score (nSPS) is 11.1. The van der Waals surface area contributed by atoms with E-state index in [0.29, 0.717) is 17.1 Å². The minimum Gasteiger partial charge on any atom is -0.497 e. The Labute approximate surface area is 205 Å². The van der Waals surface area contributed by atoms with Gasteiger partial charge in [0.1, 0.15) is 5.75 Å². The molecule has 0 aliphatic carbocycles. The monoisotopic (exact) mass is 498 g/mol. The molecule has 178 valence electrons. The third-order valence-electron chi connectivity index (χ3n) is 5.34. The first kappa shape index (κ1) is 25.3. The summed E-state index contributed by atoms with van der Waals surface area (Å²) in [6.45, 7) is 9.51. The number of methoxy groups -OCH3 is 1. The predicted molar refractivity (Wildman–Crippen MR) is 138 cm³/mol. The van der Waals surface area contributed by atoms with Crippen LogP contribution in [0.4, 0.5) is 11.4 Å². The van der Waals surface area contributed by atoms with Crippen LogP contribution in [-0.4, -0.2) is 28.0 Å². The van der Waals surface area contributed by atoms with Gasteiger partial charge in [-0.25, -0.2) is 8.42 Å². The molecule has 6 nitrogen and oxygen atoms in total. The molecule has 0 saturated heterocycles. The van der Waals surface area contributed by atoms with Crippen molar-refractivity contribution in [1.82, 2.24) is 0 Å². The fourth-order valence-corrected chi connectivity index (χ4v) is 5.40. The lowest BCUT2D eigenvalue weighted by Crippen LogP contribution is -2.31. The van der Waals surface area contributed by atoms with Gasteiger partial charge in [0.05, 0.1) is 34.8 Å². The Kier molecular flexibility index (Phi) is 7.69. The first-order valence-electron chi connectivity index (χ1n) is 10.5. The van der Waals surface area contributed by atoms with E-state index in [1.54, 1.807) is 24.3 Å². The van der Waals surface area contributed by atoms with E-state index in [1.807, 2.05) is 32.9 Å². The molecule has 0 spiro atoms. The minimum atomic E-state index is -4.02. The topological polar surface area (TPSA) is 75.7 Å². The van der Waals surface area contributed by atoms with Gasteiger partial charge in [-0.3, -0.25) is 9.10 Å². The van der Waals surface area contributed by atoms with Gasteiger partial charge in [0.2, 0.25) is 0 Å². The summed E-state index contributed by atoms with van der Waals surface area (Å²) in [5.74, 6) is 0.115. The molecule has 3 rings (SSSR count). The second-order valence-corrected chi connectivity index (χ2v) is 10.2. The zero-order valence-electron chi connectivity index (χ0n) is 19.6. The largest absolute Gasteiger partial charge is 0.497 e. The van der Waals surface area contributed by atoms with E-state index in [-0.39, 0.29) is 22.0 Å². The van der Waals surface area contributed by atoms with Gasteiger partial charge in [0.15, 0.2) is 0 Å². The van der Waals surface area contributed by atoms with Gasteiger partial charge in [0, 0.05) is 5.69 Å². The zero-order valence-corrected chi connectivity index (χ0v) is 21.1. The number of aryl methyl sites for hydroxylation is 3. The number of hydrogen-bond acceptors (Lipinski definition) is 4. The lowest BCUT2D eigenvalue weighted by molar-refractivity contribution is 0.102. The van der Waals surface area contributed by atoms with E-state index >= 15 is 0 Å². The molecule has 0 aliphatic heterocycles. The molecule has 1 amide bonds. The van der Waals surface area contributed by atoms with Crippen LogP contribution in [-0.2, 0) is 10.0 Å². The maximum absolute atomic E-state index is 13.5. The van der Waals surface area contributed by atoms with Gasteiger partial charge < -0.3 is 10.1 Å². The summed E-state index contributed by atoms with van der Waals surface area (Å²) in [4.78, 5) is 13.0. The smallest absolute Gasteiger partial charge is 0.264 e. The SMILES string of the molecule is C=CCN(c1ccc(OC)cc1)S(=O)(=O)c1ccc(Cl)c(C(=O)Nc2c(C)cc(C)cc2C)c1. The molecule has 0 aliphatic rings. The molecular weight excluding hydrogens is 472 g/mol. The standard InChI is InChI=1S/C26H27ClN2O4S/c1-6-13-29(20-7-9-21(33-5)10-8-20)34(31,32)22-11-12-24(27)23(16-22)26(30)28-25-18(3)14-17(2)15-19(25)4/h6-12,14-16H,1,13H2,2-5H3,(H,28,30). The third kappa shape index (κ3) is 5.26. The van der Waals surface area contributed by atoms with Crippen LogP contribution in [0.15, 0.2) is 72.1 Å². The molecule has 0 unspecified atom stereocenters. The lowest BCUT2D eigenvalue weighted by Gasteiger charge is -2.24. The fraction of sp³-hybridized carbons (Fsp3) is 0.192. The molecule has 0 saturated carbocycles. The van der Waals surface area contributed by atoms with Crippen molar-refractivity contribution in [3.05, 3.63) is 94.5 Å². The molecule has 0 fully saturated rings. The van der Waals surface area contributed by atoms with E-state index in [4.69, 9.17) is 16.3 Å². The van der Waals surface area contributed by atoms with Crippen molar-refractivity contribution in [2.24, 2.45) is 0 Å². The van der Waals surface area contributed by atoms with Gasteiger partial charge in [-0.1, -0.05) is 35.4 Å². The maximum Gasteiger partial charge on any atom is 0.264 e. The number of anilines is 2. The number of amides is 1. The Morgan fingerprint density at radius 2 is 1.68 bits per heavy atom. The molecule has 0 radical (unpaired) electrons. The Bertz CT molecular complexity index is 1310. The highest BCUT2D eigenvalue weighted by atomic mass is 35.5. The van der Waals surface area contributed by atoms with E-state index in [9.17, 15) is 13.2 Å². The molecule has 0 atom stereocenters. The number of hydrogen-bond donors (Lipinski definition) is 1. The molecule has 0 bridgehead atoms.